The Labute approximate surface area is 198 Å². The predicted molar refractivity (Wildman–Crippen MR) is 135 cm³/mol. The lowest BCUT2D eigenvalue weighted by atomic mass is 10.0. The first-order chi connectivity index (χ1) is 14.1. The summed E-state index contributed by atoms with van der Waals surface area (Å²) in [5.41, 5.74) is 2.49. The number of methoxy groups -OCH3 is 1. The number of aromatic nitrogens is 1. The summed E-state index contributed by atoms with van der Waals surface area (Å²) in [6.45, 7) is 6.73. The van der Waals surface area contributed by atoms with E-state index in [1.54, 1.807) is 7.11 Å². The van der Waals surface area contributed by atoms with Crippen molar-refractivity contribution in [3.8, 4) is 5.75 Å². The summed E-state index contributed by atoms with van der Waals surface area (Å²) < 4.78 is 7.82. The Hall–Kier alpha value is -1.74. The van der Waals surface area contributed by atoms with Gasteiger partial charge in [0.15, 0.2) is 5.96 Å². The van der Waals surface area contributed by atoms with Crippen LogP contribution in [-0.4, -0.2) is 60.7 Å². The molecule has 1 unspecified atom stereocenters. The summed E-state index contributed by atoms with van der Waals surface area (Å²) in [4.78, 5) is 9.79. The molecule has 0 aliphatic carbocycles. The lowest BCUT2D eigenvalue weighted by molar-refractivity contribution is 0.245. The van der Waals surface area contributed by atoms with Gasteiger partial charge >= 0.3 is 0 Å². The van der Waals surface area contributed by atoms with Gasteiger partial charge in [-0.15, -0.1) is 24.0 Å². The molecule has 1 aliphatic heterocycles. The van der Waals surface area contributed by atoms with Crippen LogP contribution < -0.4 is 10.1 Å². The van der Waals surface area contributed by atoms with Gasteiger partial charge in [-0.2, -0.15) is 0 Å². The largest absolute Gasteiger partial charge is 0.496 e. The molecule has 1 aromatic carbocycles. The maximum atomic E-state index is 5.67. The van der Waals surface area contributed by atoms with E-state index in [9.17, 15) is 0 Å². The van der Waals surface area contributed by atoms with E-state index in [-0.39, 0.29) is 30.0 Å². The average Bonchev–Trinajstić information content (AvgIpc) is 3.40. The molecule has 1 aromatic heterocycles. The molecule has 1 saturated heterocycles. The highest BCUT2D eigenvalue weighted by Gasteiger charge is 2.26. The second kappa shape index (κ2) is 12.2. The van der Waals surface area contributed by atoms with Gasteiger partial charge in [0.05, 0.1) is 26.2 Å². The number of likely N-dealkylation sites (tertiary alicyclic amines) is 1. The number of nitrogens with one attached hydrogen (secondary N) is 1. The summed E-state index contributed by atoms with van der Waals surface area (Å²) in [6, 6.07) is 12.8. The number of guanidine groups is 1. The van der Waals surface area contributed by atoms with Crippen LogP contribution in [0, 0.1) is 0 Å². The van der Waals surface area contributed by atoms with Crippen molar-refractivity contribution >= 4 is 29.9 Å². The number of para-hydroxylation sites is 1. The first-order valence-corrected chi connectivity index (χ1v) is 10.6. The number of benzene rings is 1. The van der Waals surface area contributed by atoms with E-state index < -0.39 is 0 Å². The van der Waals surface area contributed by atoms with Crippen LogP contribution in [0.5, 0.6) is 5.75 Å². The zero-order valence-corrected chi connectivity index (χ0v) is 21.0. The molecule has 2 heterocycles. The zero-order chi connectivity index (χ0) is 20.6. The van der Waals surface area contributed by atoms with Crippen molar-refractivity contribution < 1.29 is 4.74 Å². The standard InChI is InChI=1S/C23H35N5O.HI/c1-5-24-23(27(3)18-19-11-10-14-26(19)2)25-17-21(28-15-8-9-16-28)20-12-6-7-13-22(20)29-4;/h6-7,10-14,21H,5,8-9,15-18H2,1-4H3,(H,24,25);1H. The summed E-state index contributed by atoms with van der Waals surface area (Å²) in [7, 11) is 5.93. The molecule has 0 radical (unpaired) electrons. The molecule has 6 nitrogen and oxygen atoms in total. The molecule has 7 heteroatoms. The Morgan fingerprint density at radius 2 is 1.93 bits per heavy atom. The molecule has 1 fully saturated rings. The van der Waals surface area contributed by atoms with Crippen LogP contribution in [0.25, 0.3) is 0 Å². The minimum Gasteiger partial charge on any atom is -0.496 e. The highest BCUT2D eigenvalue weighted by Crippen LogP contribution is 2.32. The maximum Gasteiger partial charge on any atom is 0.194 e. The highest BCUT2D eigenvalue weighted by molar-refractivity contribution is 14.0. The smallest absolute Gasteiger partial charge is 0.194 e. The molecule has 0 saturated carbocycles. The molecule has 1 aliphatic rings. The summed E-state index contributed by atoms with van der Waals surface area (Å²) in [5.74, 6) is 1.88. The van der Waals surface area contributed by atoms with Crippen molar-refractivity contribution in [2.24, 2.45) is 12.0 Å². The van der Waals surface area contributed by atoms with Crippen molar-refractivity contribution in [3.05, 3.63) is 53.9 Å². The third-order valence-electron chi connectivity index (χ3n) is 5.64. The summed E-state index contributed by atoms with van der Waals surface area (Å²) >= 11 is 0. The minimum absolute atomic E-state index is 0. The fourth-order valence-electron chi connectivity index (χ4n) is 4.03. The van der Waals surface area contributed by atoms with E-state index in [2.05, 4.69) is 77.2 Å². The Morgan fingerprint density at radius 1 is 1.20 bits per heavy atom. The lowest BCUT2D eigenvalue weighted by Gasteiger charge is -2.29. The summed E-state index contributed by atoms with van der Waals surface area (Å²) in [6.07, 6.45) is 4.59. The number of hydrogen-bond acceptors (Lipinski definition) is 3. The van der Waals surface area contributed by atoms with E-state index in [4.69, 9.17) is 9.73 Å². The molecule has 166 valence electrons. The second-order valence-electron chi connectivity index (χ2n) is 7.66. The number of halogens is 1. The van der Waals surface area contributed by atoms with E-state index >= 15 is 0 Å². The van der Waals surface area contributed by atoms with Gasteiger partial charge in [0, 0.05) is 38.1 Å². The lowest BCUT2D eigenvalue weighted by Crippen LogP contribution is -2.39. The number of nitrogens with zero attached hydrogens (tertiary/aromatic N) is 4. The van der Waals surface area contributed by atoms with Crippen molar-refractivity contribution in [3.63, 3.8) is 0 Å². The number of aliphatic imine (C=N–C) groups is 1. The Morgan fingerprint density at radius 3 is 2.57 bits per heavy atom. The van der Waals surface area contributed by atoms with E-state index in [0.717, 1.165) is 37.9 Å². The van der Waals surface area contributed by atoms with Crippen molar-refractivity contribution in [2.75, 3.05) is 40.3 Å². The van der Waals surface area contributed by atoms with Gasteiger partial charge in [-0.25, -0.2) is 0 Å². The van der Waals surface area contributed by atoms with Crippen LogP contribution in [0.1, 0.15) is 37.1 Å². The molecule has 30 heavy (non-hydrogen) atoms. The van der Waals surface area contributed by atoms with Gasteiger partial charge in [0.1, 0.15) is 5.75 Å². The van der Waals surface area contributed by atoms with Crippen molar-refractivity contribution in [1.29, 1.82) is 0 Å². The number of rotatable bonds is 8. The molecule has 1 N–H and O–H groups in total. The Balaban J connectivity index is 0.00000320. The molecule has 1 atom stereocenters. The summed E-state index contributed by atoms with van der Waals surface area (Å²) in [5, 5.41) is 3.46. The van der Waals surface area contributed by atoms with Gasteiger partial charge in [-0.05, 0) is 51.1 Å². The van der Waals surface area contributed by atoms with Crippen LogP contribution in [0.4, 0.5) is 0 Å². The monoisotopic (exact) mass is 525 g/mol. The van der Waals surface area contributed by atoms with Gasteiger partial charge in [-0.1, -0.05) is 18.2 Å². The number of hydrogen-bond donors (Lipinski definition) is 1. The average molecular weight is 525 g/mol. The van der Waals surface area contributed by atoms with Crippen LogP contribution >= 0.6 is 24.0 Å². The fourth-order valence-corrected chi connectivity index (χ4v) is 4.03. The predicted octanol–water partition coefficient (Wildman–Crippen LogP) is 3.89. The fraction of sp³-hybridized carbons (Fsp3) is 0.522. The quantitative estimate of drug-likeness (QED) is 0.323. The molecule has 2 aromatic rings. The second-order valence-corrected chi connectivity index (χ2v) is 7.66. The van der Waals surface area contributed by atoms with Crippen LogP contribution in [0.2, 0.25) is 0 Å². The van der Waals surface area contributed by atoms with Crippen LogP contribution in [-0.2, 0) is 13.6 Å². The molecule has 3 rings (SSSR count). The number of ether oxygens (including phenoxy) is 1. The Kier molecular flexibility index (Phi) is 9.97. The highest BCUT2D eigenvalue weighted by atomic mass is 127. The maximum absolute atomic E-state index is 5.67. The molecular weight excluding hydrogens is 489 g/mol. The first kappa shape index (κ1) is 24.5. The molecule has 0 amide bonds. The van der Waals surface area contributed by atoms with Crippen molar-refractivity contribution in [2.45, 2.75) is 32.4 Å². The van der Waals surface area contributed by atoms with Crippen molar-refractivity contribution in [1.82, 2.24) is 19.7 Å². The Bertz CT molecular complexity index is 800. The third kappa shape index (κ3) is 6.14. The zero-order valence-electron chi connectivity index (χ0n) is 18.7. The third-order valence-corrected chi connectivity index (χ3v) is 5.64. The minimum atomic E-state index is 0. The van der Waals surface area contributed by atoms with Gasteiger partial charge in [0.25, 0.3) is 0 Å². The van der Waals surface area contributed by atoms with Crippen LogP contribution in [0.15, 0.2) is 47.6 Å². The molecule has 0 bridgehead atoms. The van der Waals surface area contributed by atoms with E-state index in [1.165, 1.54) is 24.1 Å². The first-order valence-electron chi connectivity index (χ1n) is 10.6. The SMILES string of the molecule is CCNC(=NCC(c1ccccc1OC)N1CCCC1)N(C)Cc1cccn1C.I. The van der Waals surface area contributed by atoms with Crippen LogP contribution in [0.3, 0.4) is 0 Å². The topological polar surface area (TPSA) is 45.0 Å². The number of aryl methyl sites for hydroxylation is 1. The normalized spacial score (nSPS) is 15.5. The van der Waals surface area contributed by atoms with E-state index in [1.807, 2.05) is 6.07 Å². The molecular formula is C23H36IN5O. The van der Waals surface area contributed by atoms with Gasteiger partial charge in [-0.3, -0.25) is 9.89 Å². The van der Waals surface area contributed by atoms with Gasteiger partial charge < -0.3 is 19.5 Å². The van der Waals surface area contributed by atoms with Gasteiger partial charge in [0.2, 0.25) is 0 Å². The van der Waals surface area contributed by atoms with E-state index in [0.29, 0.717) is 6.54 Å². The molecule has 0 spiro atoms.